The van der Waals surface area contributed by atoms with Crippen molar-refractivity contribution in [2.75, 3.05) is 13.1 Å². The van der Waals surface area contributed by atoms with Gasteiger partial charge in [0, 0.05) is 50.9 Å². The lowest BCUT2D eigenvalue weighted by atomic mass is 9.96. The van der Waals surface area contributed by atoms with Gasteiger partial charge < -0.3 is 9.47 Å². The average Bonchev–Trinajstić information content (AvgIpc) is 3.22. The number of piperidine rings is 1. The number of carbonyl (C=O) groups excluding carboxylic acids is 1. The highest BCUT2D eigenvalue weighted by Crippen LogP contribution is 2.22. The molecule has 0 unspecified atom stereocenters. The predicted octanol–water partition coefficient (Wildman–Crippen LogP) is 3.05. The number of amides is 1. The molecule has 7 nitrogen and oxygen atoms in total. The van der Waals surface area contributed by atoms with Gasteiger partial charge in [0.2, 0.25) is 5.91 Å². The Morgan fingerprint density at radius 1 is 1.13 bits per heavy atom. The zero-order chi connectivity index (χ0) is 21.1. The van der Waals surface area contributed by atoms with Crippen LogP contribution in [-0.2, 0) is 17.9 Å². The fourth-order valence-corrected chi connectivity index (χ4v) is 4.26. The first-order chi connectivity index (χ1) is 14.5. The largest absolute Gasteiger partial charge is 0.343 e. The molecule has 0 atom stereocenters. The molecular formula is C23H29N5O2. The fraction of sp³-hybridized carbons (Fsp3) is 0.478. The van der Waals surface area contributed by atoms with Crippen LogP contribution in [0.5, 0.6) is 0 Å². The van der Waals surface area contributed by atoms with Gasteiger partial charge in [-0.2, -0.15) is 0 Å². The number of aryl methyl sites for hydroxylation is 1. The van der Waals surface area contributed by atoms with Crippen molar-refractivity contribution in [1.29, 1.82) is 0 Å². The molecule has 1 saturated heterocycles. The van der Waals surface area contributed by atoms with Gasteiger partial charge in [0.15, 0.2) is 0 Å². The molecule has 0 bridgehead atoms. The van der Waals surface area contributed by atoms with Crippen LogP contribution in [-0.4, -0.2) is 43.0 Å². The third-order valence-corrected chi connectivity index (χ3v) is 5.98. The van der Waals surface area contributed by atoms with Crippen molar-refractivity contribution in [3.8, 4) is 0 Å². The molecule has 1 aromatic carbocycles. The average molecular weight is 408 g/mol. The van der Waals surface area contributed by atoms with E-state index in [1.165, 1.54) is 0 Å². The number of aromatic nitrogens is 4. The molecule has 158 valence electrons. The molecule has 1 aliphatic heterocycles. The van der Waals surface area contributed by atoms with Gasteiger partial charge in [-0.15, -0.1) is 0 Å². The van der Waals surface area contributed by atoms with E-state index in [1.807, 2.05) is 29.3 Å². The summed E-state index contributed by atoms with van der Waals surface area (Å²) < 4.78 is 3.80. The van der Waals surface area contributed by atoms with E-state index in [1.54, 1.807) is 17.0 Å². The number of para-hydroxylation sites is 1. The SMILES string of the molecule is CC(C)c1nccn1CC1CCN(C(=O)CCn2cnc3ccccc3c2=O)CC1. The number of hydrogen-bond donors (Lipinski definition) is 0. The second-order valence-corrected chi connectivity index (χ2v) is 8.43. The maximum absolute atomic E-state index is 12.7. The van der Waals surface area contributed by atoms with E-state index in [-0.39, 0.29) is 11.5 Å². The molecule has 0 N–H and O–H groups in total. The molecule has 4 rings (SSSR count). The van der Waals surface area contributed by atoms with E-state index < -0.39 is 0 Å². The maximum Gasteiger partial charge on any atom is 0.261 e. The van der Waals surface area contributed by atoms with Crippen molar-refractivity contribution in [1.82, 2.24) is 24.0 Å². The summed E-state index contributed by atoms with van der Waals surface area (Å²) in [5, 5.41) is 0.591. The Bertz CT molecular complexity index is 1080. The third-order valence-electron chi connectivity index (χ3n) is 5.98. The molecule has 7 heteroatoms. The molecule has 2 aromatic heterocycles. The Kier molecular flexibility index (Phi) is 5.97. The third kappa shape index (κ3) is 4.30. The molecule has 1 amide bonds. The van der Waals surface area contributed by atoms with Gasteiger partial charge in [-0.05, 0) is 30.9 Å². The van der Waals surface area contributed by atoms with Crippen molar-refractivity contribution >= 4 is 16.8 Å². The summed E-state index contributed by atoms with van der Waals surface area (Å²) in [5.74, 6) is 2.21. The van der Waals surface area contributed by atoms with Crippen molar-refractivity contribution in [2.24, 2.45) is 5.92 Å². The summed E-state index contributed by atoms with van der Waals surface area (Å²) in [6, 6.07) is 7.30. The Morgan fingerprint density at radius 3 is 2.67 bits per heavy atom. The first-order valence-electron chi connectivity index (χ1n) is 10.8. The molecule has 0 saturated carbocycles. The zero-order valence-electron chi connectivity index (χ0n) is 17.7. The van der Waals surface area contributed by atoms with Gasteiger partial charge >= 0.3 is 0 Å². The molecule has 3 heterocycles. The van der Waals surface area contributed by atoms with Crippen molar-refractivity contribution in [3.63, 3.8) is 0 Å². The molecule has 0 spiro atoms. The first-order valence-corrected chi connectivity index (χ1v) is 10.8. The van der Waals surface area contributed by atoms with Crippen LogP contribution in [0.25, 0.3) is 10.9 Å². The number of nitrogens with zero attached hydrogens (tertiary/aromatic N) is 5. The van der Waals surface area contributed by atoms with E-state index in [4.69, 9.17) is 0 Å². The number of fused-ring (bicyclic) bond motifs is 1. The quantitative estimate of drug-likeness (QED) is 0.630. The number of carbonyl (C=O) groups is 1. The lowest BCUT2D eigenvalue weighted by Crippen LogP contribution is -2.40. The van der Waals surface area contributed by atoms with Gasteiger partial charge in [0.25, 0.3) is 5.56 Å². The van der Waals surface area contributed by atoms with Gasteiger partial charge in [-0.3, -0.25) is 14.2 Å². The van der Waals surface area contributed by atoms with Gasteiger partial charge in [0.05, 0.1) is 17.2 Å². The summed E-state index contributed by atoms with van der Waals surface area (Å²) in [6.45, 7) is 7.21. The highest BCUT2D eigenvalue weighted by molar-refractivity contribution is 5.77. The normalized spacial score (nSPS) is 15.2. The Labute approximate surface area is 176 Å². The Hall–Kier alpha value is -2.96. The monoisotopic (exact) mass is 407 g/mol. The summed E-state index contributed by atoms with van der Waals surface area (Å²) >= 11 is 0. The lowest BCUT2D eigenvalue weighted by Gasteiger charge is -2.32. The van der Waals surface area contributed by atoms with Crippen LogP contribution < -0.4 is 5.56 Å². The highest BCUT2D eigenvalue weighted by Gasteiger charge is 2.23. The summed E-state index contributed by atoms with van der Waals surface area (Å²) in [4.78, 5) is 36.0. The number of hydrogen-bond acceptors (Lipinski definition) is 4. The van der Waals surface area contributed by atoms with Crippen molar-refractivity contribution in [2.45, 2.75) is 52.1 Å². The molecule has 1 fully saturated rings. The number of imidazole rings is 1. The zero-order valence-corrected chi connectivity index (χ0v) is 17.7. The van der Waals surface area contributed by atoms with Crippen molar-refractivity contribution in [3.05, 3.63) is 59.2 Å². The van der Waals surface area contributed by atoms with E-state index in [0.717, 1.165) is 38.3 Å². The minimum Gasteiger partial charge on any atom is -0.343 e. The number of benzene rings is 1. The first kappa shape index (κ1) is 20.3. The predicted molar refractivity (Wildman–Crippen MR) is 116 cm³/mol. The minimum absolute atomic E-state index is 0.0894. The van der Waals surface area contributed by atoms with Crippen LogP contribution >= 0.6 is 0 Å². The summed E-state index contributed by atoms with van der Waals surface area (Å²) in [7, 11) is 0. The van der Waals surface area contributed by atoms with Crippen LogP contribution in [0.3, 0.4) is 0 Å². The smallest absolute Gasteiger partial charge is 0.261 e. The summed E-state index contributed by atoms with van der Waals surface area (Å²) in [6.07, 6.45) is 7.79. The lowest BCUT2D eigenvalue weighted by molar-refractivity contribution is -0.132. The van der Waals surface area contributed by atoms with Crippen LogP contribution in [0.4, 0.5) is 0 Å². The van der Waals surface area contributed by atoms with Crippen molar-refractivity contribution < 1.29 is 4.79 Å². The van der Waals surface area contributed by atoms with Gasteiger partial charge in [0.1, 0.15) is 5.82 Å². The molecule has 30 heavy (non-hydrogen) atoms. The second-order valence-electron chi connectivity index (χ2n) is 8.43. The van der Waals surface area contributed by atoms with Crippen LogP contribution in [0.15, 0.2) is 47.8 Å². The van der Waals surface area contributed by atoms with E-state index in [2.05, 4.69) is 34.6 Å². The van der Waals surface area contributed by atoms with E-state index in [9.17, 15) is 9.59 Å². The van der Waals surface area contributed by atoms with Crippen LogP contribution in [0, 0.1) is 5.92 Å². The standard InChI is InChI=1S/C23H29N5O2/c1-17(2)22-24-10-14-27(22)15-18-7-11-26(12-8-18)21(29)9-13-28-16-25-20-6-4-3-5-19(20)23(28)30/h3-6,10,14,16-18H,7-9,11-13,15H2,1-2H3. The minimum atomic E-state index is -0.0894. The van der Waals surface area contributed by atoms with E-state index in [0.29, 0.717) is 35.7 Å². The topological polar surface area (TPSA) is 73.0 Å². The number of rotatable bonds is 6. The Balaban J connectivity index is 1.30. The van der Waals surface area contributed by atoms with Gasteiger partial charge in [-0.1, -0.05) is 26.0 Å². The Morgan fingerprint density at radius 2 is 1.90 bits per heavy atom. The molecule has 0 aliphatic carbocycles. The van der Waals surface area contributed by atoms with E-state index >= 15 is 0 Å². The summed E-state index contributed by atoms with van der Waals surface area (Å²) in [5.41, 5.74) is 0.596. The second kappa shape index (κ2) is 8.81. The van der Waals surface area contributed by atoms with Crippen LogP contribution in [0.2, 0.25) is 0 Å². The van der Waals surface area contributed by atoms with Gasteiger partial charge in [-0.25, -0.2) is 9.97 Å². The molecule has 0 radical (unpaired) electrons. The number of likely N-dealkylation sites (tertiary alicyclic amines) is 1. The van der Waals surface area contributed by atoms with Crippen LogP contribution in [0.1, 0.15) is 44.9 Å². The molecular weight excluding hydrogens is 378 g/mol. The highest BCUT2D eigenvalue weighted by atomic mass is 16.2. The maximum atomic E-state index is 12.7. The molecule has 3 aromatic rings. The molecule has 1 aliphatic rings. The fourth-order valence-electron chi connectivity index (χ4n) is 4.26.